The lowest BCUT2D eigenvalue weighted by Gasteiger charge is -2.30. The van der Waals surface area contributed by atoms with Crippen molar-refractivity contribution in [1.82, 2.24) is 10.2 Å². The van der Waals surface area contributed by atoms with Crippen molar-refractivity contribution < 1.29 is 19.8 Å². The van der Waals surface area contributed by atoms with Crippen LogP contribution in [0.4, 0.5) is 5.69 Å². The van der Waals surface area contributed by atoms with Gasteiger partial charge in [0.15, 0.2) is 0 Å². The second-order valence-electron chi connectivity index (χ2n) is 9.94. The van der Waals surface area contributed by atoms with E-state index in [2.05, 4.69) is 22.8 Å². The van der Waals surface area contributed by atoms with Gasteiger partial charge in [0.25, 0.3) is 5.91 Å². The quantitative estimate of drug-likeness (QED) is 0.272. The lowest BCUT2D eigenvalue weighted by atomic mass is 9.93. The number of hydrogen-bond acceptors (Lipinski definition) is 5. The maximum atomic E-state index is 13.2. The molecule has 4 rings (SSSR count). The zero-order valence-electron chi connectivity index (χ0n) is 20.7. The number of nitrogens with one attached hydrogen (secondary N) is 2. The molecule has 7 heteroatoms. The van der Waals surface area contributed by atoms with Crippen molar-refractivity contribution in [3.63, 3.8) is 0 Å². The standard InChI is InChI=1S/C29H33N3O4/c1-29(2,31-17-27(35)22-10-11-26(34)25(15-22)30-19-33)16-20-6-5-9-23(14-20)28(36)32-13-12-21-7-3-4-8-24(21)18-32/h3-11,14-15,19,27,31,34-35H,12-13,16-18H2,1-2H3,(H,30,33). The number of nitrogens with zero attached hydrogens (tertiary/aromatic N) is 1. The highest BCUT2D eigenvalue weighted by Gasteiger charge is 2.24. The lowest BCUT2D eigenvalue weighted by molar-refractivity contribution is -0.105. The molecule has 1 atom stereocenters. The van der Waals surface area contributed by atoms with Gasteiger partial charge in [-0.3, -0.25) is 9.59 Å². The molecule has 0 radical (unpaired) electrons. The van der Waals surface area contributed by atoms with Crippen LogP contribution < -0.4 is 10.6 Å². The zero-order valence-corrected chi connectivity index (χ0v) is 20.7. The molecule has 0 saturated carbocycles. The first-order chi connectivity index (χ1) is 17.3. The molecule has 4 N–H and O–H groups in total. The van der Waals surface area contributed by atoms with Crippen molar-refractivity contribution in [3.8, 4) is 5.75 Å². The third-order valence-electron chi connectivity index (χ3n) is 6.63. The van der Waals surface area contributed by atoms with Gasteiger partial charge in [-0.1, -0.05) is 42.5 Å². The molecule has 0 aromatic heterocycles. The molecule has 1 aliphatic rings. The molecule has 0 spiro atoms. The molecule has 36 heavy (non-hydrogen) atoms. The second kappa shape index (κ2) is 10.9. The molecule has 7 nitrogen and oxygen atoms in total. The van der Waals surface area contributed by atoms with Crippen LogP contribution in [0.25, 0.3) is 0 Å². The predicted molar refractivity (Wildman–Crippen MR) is 140 cm³/mol. The van der Waals surface area contributed by atoms with Crippen molar-refractivity contribution in [2.24, 2.45) is 0 Å². The summed E-state index contributed by atoms with van der Waals surface area (Å²) in [5.74, 6) is -0.0193. The van der Waals surface area contributed by atoms with E-state index < -0.39 is 6.10 Å². The summed E-state index contributed by atoms with van der Waals surface area (Å²) >= 11 is 0. The number of benzene rings is 3. The van der Waals surface area contributed by atoms with E-state index in [0.29, 0.717) is 37.0 Å². The van der Waals surface area contributed by atoms with Gasteiger partial charge < -0.3 is 25.7 Å². The summed E-state index contributed by atoms with van der Waals surface area (Å²) in [4.78, 5) is 25.9. The van der Waals surface area contributed by atoms with E-state index in [4.69, 9.17) is 0 Å². The predicted octanol–water partition coefficient (Wildman–Crippen LogP) is 3.80. The first-order valence-corrected chi connectivity index (χ1v) is 12.2. The molecular formula is C29H33N3O4. The van der Waals surface area contributed by atoms with Gasteiger partial charge in [0, 0.05) is 30.7 Å². The summed E-state index contributed by atoms with van der Waals surface area (Å²) in [6.07, 6.45) is 1.19. The molecular weight excluding hydrogens is 454 g/mol. The van der Waals surface area contributed by atoms with Gasteiger partial charge in [-0.05, 0) is 73.2 Å². The molecule has 3 aromatic rings. The largest absolute Gasteiger partial charge is 0.506 e. The molecule has 1 unspecified atom stereocenters. The Hall–Kier alpha value is -3.68. The number of aliphatic hydroxyl groups is 1. The average molecular weight is 488 g/mol. The molecule has 1 aliphatic heterocycles. The van der Waals surface area contributed by atoms with Crippen molar-refractivity contribution in [1.29, 1.82) is 0 Å². The molecule has 0 fully saturated rings. The number of aliphatic hydroxyl groups excluding tert-OH is 1. The van der Waals surface area contributed by atoms with Gasteiger partial charge >= 0.3 is 0 Å². The van der Waals surface area contributed by atoms with E-state index in [1.807, 2.05) is 55.1 Å². The Morgan fingerprint density at radius 3 is 2.64 bits per heavy atom. The van der Waals surface area contributed by atoms with Crippen molar-refractivity contribution in [3.05, 3.63) is 94.5 Å². The molecule has 3 aromatic carbocycles. The van der Waals surface area contributed by atoms with Crippen LogP contribution in [-0.2, 0) is 24.2 Å². The molecule has 0 bridgehead atoms. The van der Waals surface area contributed by atoms with Crippen LogP contribution in [0.3, 0.4) is 0 Å². The van der Waals surface area contributed by atoms with Crippen LogP contribution in [-0.4, -0.2) is 46.1 Å². The molecule has 2 amide bonds. The van der Waals surface area contributed by atoms with Crippen LogP contribution in [0.2, 0.25) is 0 Å². The minimum atomic E-state index is -0.827. The first kappa shape index (κ1) is 25.4. The van der Waals surface area contributed by atoms with Crippen molar-refractivity contribution >= 4 is 18.0 Å². The fourth-order valence-corrected chi connectivity index (χ4v) is 4.67. The number of phenolic OH excluding ortho intramolecular Hbond substituents is 1. The second-order valence-corrected chi connectivity index (χ2v) is 9.94. The number of carbonyl (C=O) groups excluding carboxylic acids is 2. The number of carbonyl (C=O) groups is 2. The summed E-state index contributed by atoms with van der Waals surface area (Å²) in [5.41, 5.74) is 4.71. The summed E-state index contributed by atoms with van der Waals surface area (Å²) in [5, 5.41) is 26.3. The fourth-order valence-electron chi connectivity index (χ4n) is 4.67. The maximum absolute atomic E-state index is 13.2. The summed E-state index contributed by atoms with van der Waals surface area (Å²) in [6, 6.07) is 20.7. The number of hydrogen-bond donors (Lipinski definition) is 4. The lowest BCUT2D eigenvalue weighted by Crippen LogP contribution is -2.43. The zero-order chi connectivity index (χ0) is 25.7. The van der Waals surface area contributed by atoms with Gasteiger partial charge in [0.2, 0.25) is 6.41 Å². The van der Waals surface area contributed by atoms with Crippen LogP contribution in [0, 0.1) is 0 Å². The Bertz CT molecular complexity index is 1240. The minimum Gasteiger partial charge on any atom is -0.506 e. The normalized spacial score (nSPS) is 14.1. The van der Waals surface area contributed by atoms with Crippen LogP contribution in [0.15, 0.2) is 66.7 Å². The highest BCUT2D eigenvalue weighted by Crippen LogP contribution is 2.27. The molecule has 188 valence electrons. The number of β-amino-alcohol motifs (C(OH)–C–C–N with tert-alkyl or cyclic N) is 1. The van der Waals surface area contributed by atoms with E-state index in [-0.39, 0.29) is 29.4 Å². The Labute approximate surface area is 211 Å². The first-order valence-electron chi connectivity index (χ1n) is 12.2. The fraction of sp³-hybridized carbons (Fsp3) is 0.310. The van der Waals surface area contributed by atoms with Gasteiger partial charge in [-0.25, -0.2) is 0 Å². The number of phenols is 1. The topological polar surface area (TPSA) is 102 Å². The smallest absolute Gasteiger partial charge is 0.254 e. The SMILES string of the molecule is CC(C)(Cc1cccc(C(=O)N2CCc3ccccc3C2)c1)NCC(O)c1ccc(O)c(NC=O)c1. The summed E-state index contributed by atoms with van der Waals surface area (Å²) < 4.78 is 0. The van der Waals surface area contributed by atoms with Crippen LogP contribution >= 0.6 is 0 Å². The van der Waals surface area contributed by atoms with E-state index in [0.717, 1.165) is 12.0 Å². The number of rotatable bonds is 9. The summed E-state index contributed by atoms with van der Waals surface area (Å²) in [6.45, 7) is 5.72. The van der Waals surface area contributed by atoms with Crippen molar-refractivity contribution in [2.75, 3.05) is 18.4 Å². The van der Waals surface area contributed by atoms with Gasteiger partial charge in [0.05, 0.1) is 11.8 Å². The van der Waals surface area contributed by atoms with Crippen molar-refractivity contribution in [2.45, 2.75) is 44.9 Å². The monoisotopic (exact) mass is 487 g/mol. The Kier molecular flexibility index (Phi) is 7.72. The Morgan fingerprint density at radius 2 is 1.86 bits per heavy atom. The van der Waals surface area contributed by atoms with E-state index in [1.54, 1.807) is 12.1 Å². The summed E-state index contributed by atoms with van der Waals surface area (Å²) in [7, 11) is 0. The van der Waals surface area contributed by atoms with Gasteiger partial charge in [-0.2, -0.15) is 0 Å². The van der Waals surface area contributed by atoms with E-state index >= 15 is 0 Å². The van der Waals surface area contributed by atoms with Gasteiger partial charge in [0.1, 0.15) is 5.75 Å². The third kappa shape index (κ3) is 6.11. The Morgan fingerprint density at radius 1 is 1.08 bits per heavy atom. The number of anilines is 1. The Balaban J connectivity index is 1.38. The average Bonchev–Trinajstić information content (AvgIpc) is 2.88. The highest BCUT2D eigenvalue weighted by molar-refractivity contribution is 5.94. The van der Waals surface area contributed by atoms with Crippen LogP contribution in [0.5, 0.6) is 5.75 Å². The number of aromatic hydroxyl groups is 1. The molecule has 0 aliphatic carbocycles. The molecule has 1 heterocycles. The van der Waals surface area contributed by atoms with Gasteiger partial charge in [-0.15, -0.1) is 0 Å². The number of fused-ring (bicyclic) bond motifs is 1. The minimum absolute atomic E-state index is 0.0413. The third-order valence-corrected chi connectivity index (χ3v) is 6.63. The number of amides is 2. The van der Waals surface area contributed by atoms with E-state index in [9.17, 15) is 19.8 Å². The van der Waals surface area contributed by atoms with E-state index in [1.165, 1.54) is 17.2 Å². The maximum Gasteiger partial charge on any atom is 0.254 e. The highest BCUT2D eigenvalue weighted by atomic mass is 16.3. The van der Waals surface area contributed by atoms with Crippen LogP contribution in [0.1, 0.15) is 52.6 Å². The molecule has 0 saturated heterocycles.